The smallest absolute Gasteiger partial charge is 0.237 e. The number of carbonyl (C=O) groups is 1. The summed E-state index contributed by atoms with van der Waals surface area (Å²) in [5, 5.41) is 16.2. The first kappa shape index (κ1) is 16.3. The van der Waals surface area contributed by atoms with Gasteiger partial charge in [0.1, 0.15) is 10.0 Å². The Morgan fingerprint density at radius 3 is 2.74 bits per heavy atom. The van der Waals surface area contributed by atoms with Gasteiger partial charge in [0, 0.05) is 5.41 Å². The highest BCUT2D eigenvalue weighted by Gasteiger charge is 2.23. The van der Waals surface area contributed by atoms with Crippen LogP contribution in [0.5, 0.6) is 0 Å². The SMILES string of the molecule is CC(C)(C)c1nnc(CNC(=O)C2CCCN2)s1.Cl. The highest BCUT2D eigenvalue weighted by atomic mass is 35.5. The van der Waals surface area contributed by atoms with Crippen LogP contribution in [0.3, 0.4) is 0 Å². The molecule has 0 saturated carbocycles. The second kappa shape index (κ2) is 6.63. The number of nitrogens with zero attached hydrogens (tertiary/aromatic N) is 2. The van der Waals surface area contributed by atoms with Gasteiger partial charge in [-0.2, -0.15) is 0 Å². The molecule has 1 amide bonds. The fourth-order valence-corrected chi connectivity index (χ4v) is 2.66. The van der Waals surface area contributed by atoms with Gasteiger partial charge in [-0.3, -0.25) is 4.79 Å². The molecule has 1 aliphatic rings. The molecule has 0 spiro atoms. The molecule has 0 bridgehead atoms. The molecule has 108 valence electrons. The molecule has 0 aromatic carbocycles. The maximum atomic E-state index is 11.8. The van der Waals surface area contributed by atoms with E-state index in [0.29, 0.717) is 6.54 Å². The number of amides is 1. The van der Waals surface area contributed by atoms with Crippen molar-refractivity contribution in [3.63, 3.8) is 0 Å². The number of halogens is 1. The Morgan fingerprint density at radius 1 is 1.47 bits per heavy atom. The number of carbonyl (C=O) groups excluding carboxylic acids is 1. The third kappa shape index (κ3) is 4.40. The minimum atomic E-state index is -0.0278. The normalized spacial score (nSPS) is 19.0. The Morgan fingerprint density at radius 2 is 2.21 bits per heavy atom. The maximum absolute atomic E-state index is 11.8. The Labute approximate surface area is 124 Å². The van der Waals surface area contributed by atoms with E-state index in [2.05, 4.69) is 41.6 Å². The molecule has 2 heterocycles. The highest BCUT2D eigenvalue weighted by molar-refractivity contribution is 7.11. The molecule has 7 heteroatoms. The van der Waals surface area contributed by atoms with Gasteiger partial charge >= 0.3 is 0 Å². The van der Waals surface area contributed by atoms with E-state index in [1.165, 1.54) is 0 Å². The van der Waals surface area contributed by atoms with Gasteiger partial charge in [0.05, 0.1) is 12.6 Å². The van der Waals surface area contributed by atoms with Gasteiger partial charge in [-0.15, -0.1) is 22.6 Å². The first-order valence-electron chi connectivity index (χ1n) is 6.31. The number of nitrogens with one attached hydrogen (secondary N) is 2. The highest BCUT2D eigenvalue weighted by Crippen LogP contribution is 2.25. The van der Waals surface area contributed by atoms with Crippen LogP contribution < -0.4 is 10.6 Å². The van der Waals surface area contributed by atoms with Crippen LogP contribution in [-0.4, -0.2) is 28.7 Å². The van der Waals surface area contributed by atoms with Crippen molar-refractivity contribution in [2.75, 3.05) is 6.54 Å². The van der Waals surface area contributed by atoms with E-state index in [-0.39, 0.29) is 29.8 Å². The Hall–Kier alpha value is -0.720. The minimum absolute atomic E-state index is 0. The summed E-state index contributed by atoms with van der Waals surface area (Å²) in [4.78, 5) is 11.8. The molecule has 1 aromatic heterocycles. The van der Waals surface area contributed by atoms with Gasteiger partial charge in [-0.1, -0.05) is 32.1 Å². The largest absolute Gasteiger partial charge is 0.348 e. The fraction of sp³-hybridized carbons (Fsp3) is 0.750. The van der Waals surface area contributed by atoms with Crippen molar-refractivity contribution in [3.05, 3.63) is 10.0 Å². The average molecular weight is 305 g/mol. The summed E-state index contributed by atoms with van der Waals surface area (Å²) in [5.74, 6) is 0.0695. The van der Waals surface area contributed by atoms with Gasteiger partial charge in [0.25, 0.3) is 0 Å². The van der Waals surface area contributed by atoms with Crippen molar-refractivity contribution in [1.82, 2.24) is 20.8 Å². The van der Waals surface area contributed by atoms with Crippen molar-refractivity contribution in [2.24, 2.45) is 0 Å². The van der Waals surface area contributed by atoms with Crippen LogP contribution in [0.15, 0.2) is 0 Å². The van der Waals surface area contributed by atoms with Crippen molar-refractivity contribution in [2.45, 2.75) is 51.6 Å². The molecule has 2 rings (SSSR count). The van der Waals surface area contributed by atoms with E-state index < -0.39 is 0 Å². The lowest BCUT2D eigenvalue weighted by atomic mass is 9.98. The van der Waals surface area contributed by atoms with Gasteiger partial charge in [-0.25, -0.2) is 0 Å². The zero-order valence-electron chi connectivity index (χ0n) is 11.5. The first-order valence-corrected chi connectivity index (χ1v) is 7.12. The zero-order valence-corrected chi connectivity index (χ0v) is 13.2. The molecule has 5 nitrogen and oxygen atoms in total. The summed E-state index contributed by atoms with van der Waals surface area (Å²) < 4.78 is 0. The summed E-state index contributed by atoms with van der Waals surface area (Å²) in [6.45, 7) is 7.74. The molecule has 1 aromatic rings. The van der Waals surface area contributed by atoms with Crippen molar-refractivity contribution < 1.29 is 4.79 Å². The number of aromatic nitrogens is 2. The summed E-state index contributed by atoms with van der Waals surface area (Å²) in [6, 6.07) is -0.0278. The van der Waals surface area contributed by atoms with Crippen LogP contribution in [0.4, 0.5) is 0 Å². The fourth-order valence-electron chi connectivity index (χ4n) is 1.82. The summed E-state index contributed by atoms with van der Waals surface area (Å²) in [7, 11) is 0. The molecular formula is C12H21ClN4OS. The second-order valence-electron chi connectivity index (χ2n) is 5.62. The van der Waals surface area contributed by atoms with Crippen LogP contribution in [0, 0.1) is 0 Å². The minimum Gasteiger partial charge on any atom is -0.348 e. The zero-order chi connectivity index (χ0) is 13.2. The lowest BCUT2D eigenvalue weighted by Gasteiger charge is -2.12. The Kier molecular flexibility index (Phi) is 5.70. The molecule has 1 unspecified atom stereocenters. The molecule has 19 heavy (non-hydrogen) atoms. The molecule has 1 aliphatic heterocycles. The summed E-state index contributed by atoms with van der Waals surface area (Å²) in [6.07, 6.45) is 2.00. The van der Waals surface area contributed by atoms with Crippen LogP contribution in [0.1, 0.15) is 43.6 Å². The van der Waals surface area contributed by atoms with Crippen LogP contribution in [-0.2, 0) is 16.8 Å². The maximum Gasteiger partial charge on any atom is 0.237 e. The van der Waals surface area contributed by atoms with Crippen molar-refractivity contribution >= 4 is 29.7 Å². The van der Waals surface area contributed by atoms with Crippen LogP contribution in [0.25, 0.3) is 0 Å². The second-order valence-corrected chi connectivity index (χ2v) is 6.68. The van der Waals surface area contributed by atoms with E-state index in [1.807, 2.05) is 0 Å². The quantitative estimate of drug-likeness (QED) is 0.890. The molecule has 0 radical (unpaired) electrons. The van der Waals surface area contributed by atoms with E-state index in [0.717, 1.165) is 29.4 Å². The predicted molar refractivity (Wildman–Crippen MR) is 78.7 cm³/mol. The molecule has 1 saturated heterocycles. The molecule has 2 N–H and O–H groups in total. The van der Waals surface area contributed by atoms with Gasteiger partial charge in [0.2, 0.25) is 5.91 Å². The van der Waals surface area contributed by atoms with Gasteiger partial charge < -0.3 is 10.6 Å². The van der Waals surface area contributed by atoms with Gasteiger partial charge in [0.15, 0.2) is 0 Å². The van der Waals surface area contributed by atoms with Crippen molar-refractivity contribution in [1.29, 1.82) is 0 Å². The summed E-state index contributed by atoms with van der Waals surface area (Å²) >= 11 is 1.57. The van der Waals surface area contributed by atoms with E-state index in [4.69, 9.17) is 0 Å². The predicted octanol–water partition coefficient (Wildman–Crippen LogP) is 1.63. The first-order chi connectivity index (χ1) is 8.47. The molecule has 1 fully saturated rings. The van der Waals surface area contributed by atoms with Crippen LogP contribution >= 0.6 is 23.7 Å². The van der Waals surface area contributed by atoms with Crippen LogP contribution in [0.2, 0.25) is 0 Å². The Balaban J connectivity index is 0.00000180. The lowest BCUT2D eigenvalue weighted by Crippen LogP contribution is -2.39. The molecule has 1 atom stereocenters. The van der Waals surface area contributed by atoms with E-state index >= 15 is 0 Å². The Bertz CT molecular complexity index is 424. The lowest BCUT2D eigenvalue weighted by molar-refractivity contribution is -0.122. The number of rotatable bonds is 3. The standard InChI is InChI=1S/C12H20N4OS.ClH/c1-12(2,3)11-16-15-9(18-11)7-14-10(17)8-5-4-6-13-8;/h8,13H,4-7H2,1-3H3,(H,14,17);1H. The van der Waals surface area contributed by atoms with E-state index in [9.17, 15) is 4.79 Å². The monoisotopic (exact) mass is 304 g/mol. The van der Waals surface area contributed by atoms with E-state index in [1.54, 1.807) is 11.3 Å². The number of hydrogen-bond donors (Lipinski definition) is 2. The van der Waals surface area contributed by atoms with Gasteiger partial charge in [-0.05, 0) is 19.4 Å². The molecular weight excluding hydrogens is 284 g/mol. The van der Waals surface area contributed by atoms with Crippen molar-refractivity contribution in [3.8, 4) is 0 Å². The third-order valence-electron chi connectivity index (χ3n) is 2.90. The average Bonchev–Trinajstić information content (AvgIpc) is 2.96. The third-order valence-corrected chi connectivity index (χ3v) is 4.25. The number of hydrogen-bond acceptors (Lipinski definition) is 5. The topological polar surface area (TPSA) is 66.9 Å². The summed E-state index contributed by atoms with van der Waals surface area (Å²) in [5.41, 5.74) is 0.0208. The molecule has 0 aliphatic carbocycles.